The van der Waals surface area contributed by atoms with Crippen LogP contribution in [0.5, 0.6) is 0 Å². The van der Waals surface area contributed by atoms with Gasteiger partial charge in [0.25, 0.3) is 0 Å². The lowest BCUT2D eigenvalue weighted by atomic mass is 10.0. The maximum atomic E-state index is 12.3. The minimum Gasteiger partial charge on any atom is -0.396 e. The standard InChI is InChI=1S/C17H25ClN2O2/c18-15-8-6-14(7-9-15)4-3-11-19-17(22)20-12-2-1-5-16(20)10-13-21/h6-9,16,21H,1-5,10-13H2,(H,19,22). The van der Waals surface area contributed by atoms with Crippen molar-refractivity contribution in [1.82, 2.24) is 10.2 Å². The van der Waals surface area contributed by atoms with E-state index >= 15 is 0 Å². The van der Waals surface area contributed by atoms with E-state index in [4.69, 9.17) is 16.7 Å². The first-order chi connectivity index (χ1) is 10.7. The molecular weight excluding hydrogens is 300 g/mol. The highest BCUT2D eigenvalue weighted by Crippen LogP contribution is 2.19. The van der Waals surface area contributed by atoms with Gasteiger partial charge in [0.05, 0.1) is 0 Å². The van der Waals surface area contributed by atoms with Crippen LogP contribution in [-0.4, -0.2) is 41.8 Å². The molecule has 0 bridgehead atoms. The minimum atomic E-state index is 0.00857. The van der Waals surface area contributed by atoms with E-state index in [1.54, 1.807) is 0 Å². The van der Waals surface area contributed by atoms with Gasteiger partial charge in [-0.3, -0.25) is 0 Å². The van der Waals surface area contributed by atoms with Crippen molar-refractivity contribution in [2.45, 2.75) is 44.6 Å². The van der Waals surface area contributed by atoms with E-state index in [0.29, 0.717) is 13.0 Å². The van der Waals surface area contributed by atoms with Crippen LogP contribution in [0.2, 0.25) is 5.02 Å². The predicted octanol–water partition coefficient (Wildman–Crippen LogP) is 3.22. The highest BCUT2D eigenvalue weighted by atomic mass is 35.5. The Labute approximate surface area is 137 Å². The van der Waals surface area contributed by atoms with Crippen molar-refractivity contribution in [3.63, 3.8) is 0 Å². The number of amides is 2. The van der Waals surface area contributed by atoms with E-state index in [2.05, 4.69) is 5.32 Å². The number of carbonyl (C=O) groups excluding carboxylic acids is 1. The van der Waals surface area contributed by atoms with Crippen molar-refractivity contribution < 1.29 is 9.90 Å². The molecule has 2 amide bonds. The van der Waals surface area contributed by atoms with Gasteiger partial charge in [-0.2, -0.15) is 0 Å². The summed E-state index contributed by atoms with van der Waals surface area (Å²) in [5, 5.41) is 12.9. The van der Waals surface area contributed by atoms with Crippen molar-refractivity contribution in [1.29, 1.82) is 0 Å². The van der Waals surface area contributed by atoms with E-state index in [0.717, 1.165) is 43.7 Å². The third-order valence-corrected chi connectivity index (χ3v) is 4.43. The Morgan fingerprint density at radius 1 is 1.32 bits per heavy atom. The maximum Gasteiger partial charge on any atom is 0.317 e. The van der Waals surface area contributed by atoms with Gasteiger partial charge >= 0.3 is 6.03 Å². The normalized spacial score (nSPS) is 18.3. The van der Waals surface area contributed by atoms with E-state index in [1.165, 1.54) is 5.56 Å². The second kappa shape index (κ2) is 9.01. The molecule has 1 heterocycles. The van der Waals surface area contributed by atoms with E-state index in [9.17, 15) is 4.79 Å². The molecule has 0 aromatic heterocycles. The molecule has 0 aliphatic carbocycles. The number of carbonyl (C=O) groups is 1. The number of aryl methyl sites for hydroxylation is 1. The molecule has 1 aliphatic heterocycles. The minimum absolute atomic E-state index is 0.00857. The Kier molecular flexibility index (Phi) is 7.00. The van der Waals surface area contributed by atoms with Crippen LogP contribution < -0.4 is 5.32 Å². The molecule has 1 saturated heterocycles. The number of aliphatic hydroxyl groups is 1. The summed E-state index contributed by atoms with van der Waals surface area (Å²) in [6.45, 7) is 1.61. The second-order valence-corrected chi connectivity index (χ2v) is 6.25. The van der Waals surface area contributed by atoms with Gasteiger partial charge in [-0.05, 0) is 56.2 Å². The topological polar surface area (TPSA) is 52.6 Å². The summed E-state index contributed by atoms with van der Waals surface area (Å²) in [6, 6.07) is 8.02. The van der Waals surface area contributed by atoms with Crippen LogP contribution >= 0.6 is 11.6 Å². The molecule has 1 aliphatic rings. The van der Waals surface area contributed by atoms with Crippen molar-refractivity contribution in [3.05, 3.63) is 34.9 Å². The summed E-state index contributed by atoms with van der Waals surface area (Å²) in [6.07, 6.45) is 5.71. The maximum absolute atomic E-state index is 12.3. The predicted molar refractivity (Wildman–Crippen MR) is 89.2 cm³/mol. The second-order valence-electron chi connectivity index (χ2n) is 5.82. The quantitative estimate of drug-likeness (QED) is 0.789. The number of likely N-dealkylation sites (tertiary alicyclic amines) is 1. The lowest BCUT2D eigenvalue weighted by Gasteiger charge is -2.35. The average Bonchev–Trinajstić information content (AvgIpc) is 2.54. The number of piperidine rings is 1. The summed E-state index contributed by atoms with van der Waals surface area (Å²) < 4.78 is 0. The molecule has 1 atom stereocenters. The molecule has 1 aromatic rings. The lowest BCUT2D eigenvalue weighted by molar-refractivity contribution is 0.132. The number of nitrogens with one attached hydrogen (secondary N) is 1. The van der Waals surface area contributed by atoms with Crippen molar-refractivity contribution in [3.8, 4) is 0 Å². The van der Waals surface area contributed by atoms with Gasteiger partial charge in [-0.25, -0.2) is 4.79 Å². The molecule has 1 fully saturated rings. The molecule has 0 radical (unpaired) electrons. The SMILES string of the molecule is O=C(NCCCc1ccc(Cl)cc1)N1CCCCC1CCO. The fourth-order valence-electron chi connectivity index (χ4n) is 2.96. The van der Waals surface area contributed by atoms with Gasteiger partial charge in [-0.1, -0.05) is 23.7 Å². The summed E-state index contributed by atoms with van der Waals surface area (Å²) in [5.41, 5.74) is 1.23. The van der Waals surface area contributed by atoms with Gasteiger partial charge in [0.15, 0.2) is 0 Å². The van der Waals surface area contributed by atoms with Crippen LogP contribution in [-0.2, 0) is 6.42 Å². The number of nitrogens with zero attached hydrogens (tertiary/aromatic N) is 1. The van der Waals surface area contributed by atoms with Crippen molar-refractivity contribution in [2.24, 2.45) is 0 Å². The molecule has 22 heavy (non-hydrogen) atoms. The number of halogens is 1. The van der Waals surface area contributed by atoms with Crippen LogP contribution in [0.25, 0.3) is 0 Å². The van der Waals surface area contributed by atoms with Crippen LogP contribution in [0.4, 0.5) is 4.79 Å². The van der Waals surface area contributed by atoms with Gasteiger partial charge in [0.2, 0.25) is 0 Å². The smallest absolute Gasteiger partial charge is 0.317 e. The number of urea groups is 1. The zero-order valence-corrected chi connectivity index (χ0v) is 13.7. The lowest BCUT2D eigenvalue weighted by Crippen LogP contribution is -2.49. The Morgan fingerprint density at radius 2 is 2.09 bits per heavy atom. The first-order valence-electron chi connectivity index (χ1n) is 8.10. The number of hydrogen-bond donors (Lipinski definition) is 2. The summed E-state index contributed by atoms with van der Waals surface area (Å²) in [4.78, 5) is 14.1. The van der Waals surface area contributed by atoms with E-state index < -0.39 is 0 Å². The van der Waals surface area contributed by atoms with Gasteiger partial charge in [-0.15, -0.1) is 0 Å². The molecule has 5 heteroatoms. The Bertz CT molecular complexity index is 462. The zero-order valence-electron chi connectivity index (χ0n) is 12.9. The Hall–Kier alpha value is -1.26. The third kappa shape index (κ3) is 5.18. The molecule has 0 saturated carbocycles. The molecule has 4 nitrogen and oxygen atoms in total. The number of aliphatic hydroxyl groups excluding tert-OH is 1. The summed E-state index contributed by atoms with van der Waals surface area (Å²) >= 11 is 5.86. The molecule has 2 N–H and O–H groups in total. The Balaban J connectivity index is 1.71. The first kappa shape index (κ1) is 17.1. The fraction of sp³-hybridized carbons (Fsp3) is 0.588. The molecular formula is C17H25ClN2O2. The fourth-order valence-corrected chi connectivity index (χ4v) is 3.08. The van der Waals surface area contributed by atoms with E-state index in [1.807, 2.05) is 29.2 Å². The summed E-state index contributed by atoms with van der Waals surface area (Å²) in [7, 11) is 0. The highest BCUT2D eigenvalue weighted by molar-refractivity contribution is 6.30. The molecule has 1 unspecified atom stereocenters. The number of benzene rings is 1. The third-order valence-electron chi connectivity index (χ3n) is 4.18. The number of hydrogen-bond acceptors (Lipinski definition) is 2. The zero-order chi connectivity index (χ0) is 15.8. The highest BCUT2D eigenvalue weighted by Gasteiger charge is 2.25. The van der Waals surface area contributed by atoms with Crippen molar-refractivity contribution in [2.75, 3.05) is 19.7 Å². The van der Waals surface area contributed by atoms with E-state index in [-0.39, 0.29) is 18.7 Å². The van der Waals surface area contributed by atoms with Crippen LogP contribution in [0.15, 0.2) is 24.3 Å². The van der Waals surface area contributed by atoms with Gasteiger partial charge in [0.1, 0.15) is 0 Å². The molecule has 2 rings (SSSR count). The largest absolute Gasteiger partial charge is 0.396 e. The van der Waals surface area contributed by atoms with Gasteiger partial charge < -0.3 is 15.3 Å². The Morgan fingerprint density at radius 3 is 2.82 bits per heavy atom. The molecule has 122 valence electrons. The first-order valence-corrected chi connectivity index (χ1v) is 8.48. The summed E-state index contributed by atoms with van der Waals surface area (Å²) in [5.74, 6) is 0. The molecule has 0 spiro atoms. The van der Waals surface area contributed by atoms with Crippen LogP contribution in [0.1, 0.15) is 37.7 Å². The van der Waals surface area contributed by atoms with Crippen molar-refractivity contribution >= 4 is 17.6 Å². The van der Waals surface area contributed by atoms with Gasteiger partial charge in [0, 0.05) is 30.8 Å². The van der Waals surface area contributed by atoms with Crippen LogP contribution in [0, 0.1) is 0 Å². The average molecular weight is 325 g/mol. The number of rotatable bonds is 6. The monoisotopic (exact) mass is 324 g/mol. The molecule has 1 aromatic carbocycles. The van der Waals surface area contributed by atoms with Crippen LogP contribution in [0.3, 0.4) is 0 Å².